The molecule has 4 heterocycles. The summed E-state index contributed by atoms with van der Waals surface area (Å²) in [6.07, 6.45) is 8.26. The molecule has 212 valence electrons. The number of benzene rings is 1. The van der Waals surface area contributed by atoms with E-state index in [9.17, 15) is 9.59 Å². The minimum atomic E-state index is -0.375. The largest absolute Gasteiger partial charge is 0.466 e. The van der Waals surface area contributed by atoms with E-state index >= 15 is 4.39 Å². The zero-order valence-corrected chi connectivity index (χ0v) is 23.4. The summed E-state index contributed by atoms with van der Waals surface area (Å²) >= 11 is 0. The van der Waals surface area contributed by atoms with Gasteiger partial charge in [0.25, 0.3) is 5.91 Å². The number of nitrogens with zero attached hydrogens (tertiary/aromatic N) is 5. The van der Waals surface area contributed by atoms with Gasteiger partial charge >= 0.3 is 5.97 Å². The number of esters is 1. The van der Waals surface area contributed by atoms with Crippen LogP contribution in [0, 0.1) is 11.7 Å². The van der Waals surface area contributed by atoms with Gasteiger partial charge in [-0.05, 0) is 70.2 Å². The number of hydrogen-bond acceptors (Lipinski definition) is 6. The average Bonchev–Trinajstić information content (AvgIpc) is 3.52. The topological polar surface area (TPSA) is 80.0 Å². The van der Waals surface area contributed by atoms with Crippen LogP contribution >= 0.6 is 0 Å². The number of amides is 1. The quantitative estimate of drug-likeness (QED) is 0.374. The third-order valence-electron chi connectivity index (χ3n) is 8.91. The minimum absolute atomic E-state index is 0.0255. The summed E-state index contributed by atoms with van der Waals surface area (Å²) < 4.78 is 22.5. The summed E-state index contributed by atoms with van der Waals surface area (Å²) in [6, 6.07) is 9.04. The van der Waals surface area contributed by atoms with Crippen molar-refractivity contribution in [3.05, 3.63) is 47.5 Å². The van der Waals surface area contributed by atoms with E-state index in [0.717, 1.165) is 62.9 Å². The van der Waals surface area contributed by atoms with Gasteiger partial charge in [-0.15, -0.1) is 0 Å². The van der Waals surface area contributed by atoms with Crippen molar-refractivity contribution in [1.82, 2.24) is 19.5 Å². The number of carbonyl (C=O) groups excluding carboxylic acids is 2. The molecule has 2 aromatic heterocycles. The van der Waals surface area contributed by atoms with Crippen LogP contribution in [-0.2, 0) is 9.53 Å². The van der Waals surface area contributed by atoms with Gasteiger partial charge in [-0.25, -0.2) is 13.9 Å². The van der Waals surface area contributed by atoms with Crippen molar-refractivity contribution < 1.29 is 18.7 Å². The molecule has 3 aliphatic rings. The Hall–Kier alpha value is -3.49. The van der Waals surface area contributed by atoms with Crippen LogP contribution in [0.4, 0.5) is 10.1 Å². The predicted octanol–water partition coefficient (Wildman–Crippen LogP) is 5.60. The fraction of sp³-hybridized carbons (Fsp3) is 0.548. The smallest absolute Gasteiger partial charge is 0.310 e. The highest BCUT2D eigenvalue weighted by Crippen LogP contribution is 2.38. The summed E-state index contributed by atoms with van der Waals surface area (Å²) in [5.41, 5.74) is 3.64. The SMILES string of the molecule is CCOC(=O)[C@H]1CCN(c2ccc(-c3cc4nc(C(=O)N5CCCCC[C@H]5C)cc(C5CCC5)n4n3)c(F)c2)C1. The molecule has 6 rings (SSSR count). The van der Waals surface area contributed by atoms with Gasteiger partial charge < -0.3 is 14.5 Å². The van der Waals surface area contributed by atoms with Crippen LogP contribution in [0.1, 0.15) is 87.3 Å². The second-order valence-corrected chi connectivity index (χ2v) is 11.5. The number of hydrogen-bond donors (Lipinski definition) is 0. The number of rotatable bonds is 6. The molecule has 1 saturated carbocycles. The van der Waals surface area contributed by atoms with Gasteiger partial charge in [-0.2, -0.15) is 5.10 Å². The van der Waals surface area contributed by atoms with Gasteiger partial charge in [0.1, 0.15) is 11.5 Å². The molecule has 8 nitrogen and oxygen atoms in total. The van der Waals surface area contributed by atoms with Gasteiger partial charge in [-0.1, -0.05) is 19.3 Å². The Morgan fingerprint density at radius 2 is 1.88 bits per heavy atom. The van der Waals surface area contributed by atoms with E-state index in [1.165, 1.54) is 6.07 Å². The Morgan fingerprint density at radius 1 is 1.02 bits per heavy atom. The molecule has 2 saturated heterocycles. The second kappa shape index (κ2) is 11.2. The van der Waals surface area contributed by atoms with Gasteiger partial charge in [-0.3, -0.25) is 9.59 Å². The van der Waals surface area contributed by atoms with Gasteiger partial charge in [0, 0.05) is 54.6 Å². The highest BCUT2D eigenvalue weighted by Gasteiger charge is 2.31. The zero-order valence-electron chi connectivity index (χ0n) is 23.4. The maximum atomic E-state index is 15.5. The Morgan fingerprint density at radius 3 is 2.62 bits per heavy atom. The number of halogens is 1. The molecular weight excluding hydrogens is 509 g/mol. The number of ether oxygens (including phenoxy) is 1. The van der Waals surface area contributed by atoms with E-state index in [1.807, 2.05) is 21.9 Å². The van der Waals surface area contributed by atoms with Crippen LogP contribution in [0.25, 0.3) is 16.9 Å². The molecule has 2 aliphatic heterocycles. The van der Waals surface area contributed by atoms with Crippen LogP contribution in [0.5, 0.6) is 0 Å². The average molecular weight is 548 g/mol. The van der Waals surface area contributed by atoms with Gasteiger partial charge in [0.2, 0.25) is 0 Å². The Labute approximate surface area is 234 Å². The van der Waals surface area contributed by atoms with E-state index in [4.69, 9.17) is 14.8 Å². The third-order valence-corrected chi connectivity index (χ3v) is 8.91. The van der Waals surface area contributed by atoms with Gasteiger partial charge in [0.05, 0.1) is 18.2 Å². The van der Waals surface area contributed by atoms with Crippen LogP contribution in [-0.4, -0.2) is 63.7 Å². The van der Waals surface area contributed by atoms with Crippen molar-refractivity contribution in [2.45, 2.75) is 77.2 Å². The van der Waals surface area contributed by atoms with Crippen molar-refractivity contribution in [2.24, 2.45) is 5.92 Å². The molecule has 0 unspecified atom stereocenters. The molecule has 1 amide bonds. The molecule has 1 aromatic carbocycles. The molecular formula is C31H38FN5O3. The molecule has 9 heteroatoms. The second-order valence-electron chi connectivity index (χ2n) is 11.5. The molecule has 40 heavy (non-hydrogen) atoms. The van der Waals surface area contributed by atoms with Crippen molar-refractivity contribution in [3.8, 4) is 11.3 Å². The van der Waals surface area contributed by atoms with Crippen molar-refractivity contribution in [3.63, 3.8) is 0 Å². The van der Waals surface area contributed by atoms with Gasteiger partial charge in [0.15, 0.2) is 5.65 Å². The predicted molar refractivity (Wildman–Crippen MR) is 151 cm³/mol. The molecule has 3 fully saturated rings. The number of carbonyl (C=O) groups is 2. The monoisotopic (exact) mass is 547 g/mol. The van der Waals surface area contributed by atoms with E-state index in [0.29, 0.717) is 54.6 Å². The van der Waals surface area contributed by atoms with Crippen LogP contribution in [0.3, 0.4) is 0 Å². The summed E-state index contributed by atoms with van der Waals surface area (Å²) in [5, 5.41) is 4.79. The molecule has 1 aliphatic carbocycles. The Bertz CT molecular complexity index is 1420. The first-order valence-electron chi connectivity index (χ1n) is 14.9. The fourth-order valence-corrected chi connectivity index (χ4v) is 6.31. The lowest BCUT2D eigenvalue weighted by Crippen LogP contribution is -2.38. The molecule has 0 bridgehead atoms. The summed E-state index contributed by atoms with van der Waals surface area (Å²) in [7, 11) is 0. The highest BCUT2D eigenvalue weighted by atomic mass is 19.1. The normalized spacial score (nSPS) is 21.9. The van der Waals surface area contributed by atoms with Crippen LogP contribution < -0.4 is 4.90 Å². The van der Waals surface area contributed by atoms with Crippen molar-refractivity contribution in [1.29, 1.82) is 0 Å². The molecule has 0 radical (unpaired) electrons. The van der Waals surface area contributed by atoms with Crippen molar-refractivity contribution >= 4 is 23.2 Å². The molecule has 2 atom stereocenters. The summed E-state index contributed by atoms with van der Waals surface area (Å²) in [4.78, 5) is 34.5. The molecule has 3 aromatic rings. The number of aromatic nitrogens is 3. The Balaban J connectivity index is 1.30. The minimum Gasteiger partial charge on any atom is -0.466 e. The van der Waals surface area contributed by atoms with Crippen molar-refractivity contribution in [2.75, 3.05) is 31.1 Å². The lowest BCUT2D eigenvalue weighted by molar-refractivity contribution is -0.147. The standard InChI is InChI=1S/C31H38FN5O3/c1-3-40-31(39)22-13-15-35(19-22)23-11-12-24(25(32)16-23)26-18-29-33-27(17-28(37(29)34-26)21-9-7-10-21)30(38)36-14-6-4-5-8-20(36)2/h11-12,16-18,20-22H,3-10,13-15,19H2,1-2H3/t20-,22+/m1/s1. The summed E-state index contributed by atoms with van der Waals surface area (Å²) in [5.74, 6) is -0.458. The lowest BCUT2D eigenvalue weighted by Gasteiger charge is -2.29. The zero-order chi connectivity index (χ0) is 27.8. The van der Waals surface area contributed by atoms with Crippen LogP contribution in [0.15, 0.2) is 30.3 Å². The highest BCUT2D eigenvalue weighted by molar-refractivity contribution is 5.93. The first-order chi connectivity index (χ1) is 19.4. The first kappa shape index (κ1) is 26.7. The molecule has 0 spiro atoms. The molecule has 0 N–H and O–H groups in total. The number of anilines is 1. The summed E-state index contributed by atoms with van der Waals surface area (Å²) in [6.45, 7) is 6.24. The lowest BCUT2D eigenvalue weighted by atomic mass is 9.82. The maximum absolute atomic E-state index is 15.5. The first-order valence-corrected chi connectivity index (χ1v) is 14.9. The Kier molecular flexibility index (Phi) is 7.47. The van der Waals surface area contributed by atoms with Crippen LogP contribution in [0.2, 0.25) is 0 Å². The fourth-order valence-electron chi connectivity index (χ4n) is 6.31. The number of likely N-dealkylation sites (tertiary alicyclic amines) is 1. The third kappa shape index (κ3) is 5.06. The maximum Gasteiger partial charge on any atom is 0.310 e. The van der Waals surface area contributed by atoms with E-state index in [1.54, 1.807) is 23.6 Å². The number of fused-ring (bicyclic) bond motifs is 1. The van der Waals surface area contributed by atoms with E-state index < -0.39 is 0 Å². The van der Waals surface area contributed by atoms with E-state index in [2.05, 4.69) is 6.92 Å². The van der Waals surface area contributed by atoms with E-state index in [-0.39, 0.29) is 29.7 Å².